The number of aldehydes is 1. The van der Waals surface area contributed by atoms with Crippen LogP contribution in [-0.2, 0) is 4.79 Å². The molecule has 2 N–H and O–H groups in total. The van der Waals surface area contributed by atoms with Gasteiger partial charge in [0.05, 0.1) is 6.61 Å². The first-order valence-corrected chi connectivity index (χ1v) is 7.48. The van der Waals surface area contributed by atoms with E-state index in [0.29, 0.717) is 12.7 Å². The van der Waals surface area contributed by atoms with Crippen molar-refractivity contribution >= 4 is 6.29 Å². The molecule has 0 saturated carbocycles. The molecule has 0 aromatic heterocycles. The summed E-state index contributed by atoms with van der Waals surface area (Å²) in [6.45, 7) is 1.76. The summed E-state index contributed by atoms with van der Waals surface area (Å²) in [6, 6.07) is 0. The van der Waals surface area contributed by atoms with Crippen LogP contribution in [0.3, 0.4) is 0 Å². The minimum Gasteiger partial charge on any atom is -0.393 e. The van der Waals surface area contributed by atoms with Gasteiger partial charge < -0.3 is 15.0 Å². The van der Waals surface area contributed by atoms with E-state index in [1.807, 2.05) is 0 Å². The highest BCUT2D eigenvalue weighted by Gasteiger charge is 2.23. The quantitative estimate of drug-likeness (QED) is 0.394. The maximum absolute atomic E-state index is 10.5. The minimum absolute atomic E-state index is 0.378. The van der Waals surface area contributed by atoms with Gasteiger partial charge in [-0.2, -0.15) is 0 Å². The van der Waals surface area contributed by atoms with Gasteiger partial charge in [0.1, 0.15) is 5.60 Å². The van der Waals surface area contributed by atoms with Crippen LogP contribution in [0.4, 0.5) is 0 Å². The summed E-state index contributed by atoms with van der Waals surface area (Å²) in [5.74, 6) is 0. The third kappa shape index (κ3) is 9.60. The molecule has 0 aromatic carbocycles. The van der Waals surface area contributed by atoms with Crippen LogP contribution in [0.25, 0.3) is 0 Å². The van der Waals surface area contributed by atoms with Crippen LogP contribution in [0.15, 0.2) is 0 Å². The standard InChI is InChI=1S/C15H30O3/c1-2-3-4-5-6-7-8-9-10-11-12-15(18,13-16)14-17/h13,17-18H,2-12,14H2,1H3. The number of aliphatic hydroxyl groups is 2. The third-order valence-electron chi connectivity index (χ3n) is 3.46. The van der Waals surface area contributed by atoms with E-state index in [-0.39, 0.29) is 0 Å². The Labute approximate surface area is 112 Å². The van der Waals surface area contributed by atoms with E-state index in [0.717, 1.165) is 19.3 Å². The molecule has 0 amide bonds. The van der Waals surface area contributed by atoms with E-state index < -0.39 is 12.2 Å². The number of carbonyl (C=O) groups excluding carboxylic acids is 1. The van der Waals surface area contributed by atoms with Crippen LogP contribution in [0, 0.1) is 0 Å². The first kappa shape index (κ1) is 17.6. The fourth-order valence-corrected chi connectivity index (χ4v) is 2.09. The molecule has 0 aliphatic rings. The van der Waals surface area contributed by atoms with Gasteiger partial charge in [0.25, 0.3) is 0 Å². The van der Waals surface area contributed by atoms with Gasteiger partial charge in [-0.1, -0.05) is 71.1 Å². The third-order valence-corrected chi connectivity index (χ3v) is 3.46. The van der Waals surface area contributed by atoms with Crippen molar-refractivity contribution < 1.29 is 15.0 Å². The lowest BCUT2D eigenvalue weighted by Gasteiger charge is -2.17. The second kappa shape index (κ2) is 11.7. The second-order valence-corrected chi connectivity index (χ2v) is 5.31. The van der Waals surface area contributed by atoms with Crippen LogP contribution < -0.4 is 0 Å². The van der Waals surface area contributed by atoms with Crippen molar-refractivity contribution in [1.29, 1.82) is 0 Å². The molecular formula is C15H30O3. The Morgan fingerprint density at radius 2 is 1.33 bits per heavy atom. The molecule has 0 aliphatic carbocycles. The number of unbranched alkanes of at least 4 members (excludes halogenated alkanes) is 9. The second-order valence-electron chi connectivity index (χ2n) is 5.31. The minimum atomic E-state index is -1.50. The molecule has 108 valence electrons. The van der Waals surface area contributed by atoms with Crippen molar-refractivity contribution in [1.82, 2.24) is 0 Å². The van der Waals surface area contributed by atoms with Crippen molar-refractivity contribution in [2.75, 3.05) is 6.61 Å². The number of rotatable bonds is 13. The number of hydrogen-bond donors (Lipinski definition) is 2. The molecule has 3 heteroatoms. The van der Waals surface area contributed by atoms with Crippen LogP contribution in [-0.4, -0.2) is 28.7 Å². The van der Waals surface area contributed by atoms with Crippen molar-refractivity contribution in [3.63, 3.8) is 0 Å². The molecule has 0 aromatic rings. The molecule has 0 rings (SSSR count). The van der Waals surface area contributed by atoms with Gasteiger partial charge in [-0.3, -0.25) is 0 Å². The summed E-state index contributed by atoms with van der Waals surface area (Å²) in [5, 5.41) is 18.4. The smallest absolute Gasteiger partial charge is 0.153 e. The molecule has 1 atom stereocenters. The average Bonchev–Trinajstić information content (AvgIpc) is 2.40. The number of aliphatic hydroxyl groups excluding tert-OH is 1. The zero-order valence-electron chi connectivity index (χ0n) is 11.9. The van der Waals surface area contributed by atoms with Gasteiger partial charge in [-0.25, -0.2) is 0 Å². The fraction of sp³-hybridized carbons (Fsp3) is 0.933. The maximum atomic E-state index is 10.5. The zero-order valence-corrected chi connectivity index (χ0v) is 11.9. The van der Waals surface area contributed by atoms with E-state index in [4.69, 9.17) is 5.11 Å². The fourth-order valence-electron chi connectivity index (χ4n) is 2.09. The van der Waals surface area contributed by atoms with Crippen LogP contribution in [0.5, 0.6) is 0 Å². The topological polar surface area (TPSA) is 57.5 Å². The van der Waals surface area contributed by atoms with E-state index >= 15 is 0 Å². The molecule has 0 radical (unpaired) electrons. The highest BCUT2D eigenvalue weighted by molar-refractivity contribution is 5.62. The Morgan fingerprint density at radius 3 is 1.72 bits per heavy atom. The number of hydrogen-bond acceptors (Lipinski definition) is 3. The van der Waals surface area contributed by atoms with Gasteiger partial charge in [0.15, 0.2) is 6.29 Å². The van der Waals surface area contributed by atoms with Crippen LogP contribution in [0.1, 0.15) is 77.6 Å². The summed E-state index contributed by atoms with van der Waals surface area (Å²) in [5.41, 5.74) is -1.50. The number of carbonyl (C=O) groups is 1. The Kier molecular flexibility index (Phi) is 11.4. The molecule has 0 bridgehead atoms. The lowest BCUT2D eigenvalue weighted by atomic mass is 9.98. The van der Waals surface area contributed by atoms with Gasteiger partial charge >= 0.3 is 0 Å². The summed E-state index contributed by atoms with van der Waals surface area (Å²) < 4.78 is 0. The molecular weight excluding hydrogens is 228 g/mol. The van der Waals surface area contributed by atoms with Gasteiger partial charge in [0, 0.05) is 0 Å². The van der Waals surface area contributed by atoms with Crippen molar-refractivity contribution in [2.45, 2.75) is 83.2 Å². The first-order valence-electron chi connectivity index (χ1n) is 7.48. The summed E-state index contributed by atoms with van der Waals surface area (Å²) in [6.07, 6.45) is 13.1. The molecule has 0 aliphatic heterocycles. The molecule has 0 saturated heterocycles. The molecule has 0 spiro atoms. The highest BCUT2D eigenvalue weighted by atomic mass is 16.3. The lowest BCUT2D eigenvalue weighted by molar-refractivity contribution is -0.128. The zero-order chi connectivity index (χ0) is 13.7. The molecule has 18 heavy (non-hydrogen) atoms. The highest BCUT2D eigenvalue weighted by Crippen LogP contribution is 2.15. The summed E-state index contributed by atoms with van der Waals surface area (Å²) in [7, 11) is 0. The van der Waals surface area contributed by atoms with Gasteiger partial charge in [0.2, 0.25) is 0 Å². The average molecular weight is 258 g/mol. The SMILES string of the molecule is CCCCCCCCCCCCC(O)(C=O)CO. The van der Waals surface area contributed by atoms with Crippen LogP contribution >= 0.6 is 0 Å². The molecule has 3 nitrogen and oxygen atoms in total. The monoisotopic (exact) mass is 258 g/mol. The van der Waals surface area contributed by atoms with Crippen molar-refractivity contribution in [3.05, 3.63) is 0 Å². The maximum Gasteiger partial charge on any atom is 0.153 e. The Hall–Kier alpha value is -0.410. The van der Waals surface area contributed by atoms with E-state index in [2.05, 4.69) is 6.92 Å². The molecule has 0 fully saturated rings. The normalized spacial score (nSPS) is 14.4. The van der Waals surface area contributed by atoms with Crippen molar-refractivity contribution in [3.8, 4) is 0 Å². The Balaban J connectivity index is 3.23. The predicted molar refractivity (Wildman–Crippen MR) is 74.6 cm³/mol. The van der Waals surface area contributed by atoms with Crippen LogP contribution in [0.2, 0.25) is 0 Å². The van der Waals surface area contributed by atoms with Gasteiger partial charge in [-0.05, 0) is 6.42 Å². The molecule has 0 heterocycles. The van der Waals surface area contributed by atoms with E-state index in [9.17, 15) is 9.90 Å². The predicted octanol–water partition coefficient (Wildman–Crippen LogP) is 3.22. The van der Waals surface area contributed by atoms with E-state index in [1.165, 1.54) is 44.9 Å². The molecule has 1 unspecified atom stereocenters. The Bertz CT molecular complexity index is 194. The van der Waals surface area contributed by atoms with E-state index in [1.54, 1.807) is 0 Å². The van der Waals surface area contributed by atoms with Crippen molar-refractivity contribution in [2.24, 2.45) is 0 Å². The lowest BCUT2D eigenvalue weighted by Crippen LogP contribution is -2.34. The first-order chi connectivity index (χ1) is 8.68. The summed E-state index contributed by atoms with van der Waals surface area (Å²) in [4.78, 5) is 10.5. The Morgan fingerprint density at radius 1 is 0.889 bits per heavy atom. The largest absolute Gasteiger partial charge is 0.393 e. The van der Waals surface area contributed by atoms with Gasteiger partial charge in [-0.15, -0.1) is 0 Å². The summed E-state index contributed by atoms with van der Waals surface area (Å²) >= 11 is 0.